The average molecular weight is 304 g/mol. The number of sulfonamides is 1. The van der Waals surface area contributed by atoms with E-state index in [-0.39, 0.29) is 4.90 Å². The Hall–Kier alpha value is -2.52. The smallest absolute Gasteiger partial charge is 0.257 e. The van der Waals surface area contributed by atoms with Gasteiger partial charge in [-0.05, 0) is 12.1 Å². The van der Waals surface area contributed by atoms with Crippen molar-refractivity contribution in [2.45, 2.75) is 4.90 Å². The quantitative estimate of drug-likeness (QED) is 0.687. The predicted molar refractivity (Wildman–Crippen MR) is 76.7 cm³/mol. The Labute approximate surface area is 120 Å². The maximum Gasteiger partial charge on any atom is 0.257 e. The van der Waals surface area contributed by atoms with Crippen LogP contribution < -0.4 is 10.3 Å². The van der Waals surface area contributed by atoms with Gasteiger partial charge in [0.05, 0.1) is 16.5 Å². The third kappa shape index (κ3) is 2.56. The Morgan fingerprint density at radius 2 is 1.90 bits per heavy atom. The zero-order chi connectivity index (χ0) is 14.9. The van der Waals surface area contributed by atoms with E-state index in [1.54, 1.807) is 36.1 Å². The van der Waals surface area contributed by atoms with Crippen LogP contribution in [0.3, 0.4) is 0 Å². The Morgan fingerprint density at radius 3 is 2.67 bits per heavy atom. The summed E-state index contributed by atoms with van der Waals surface area (Å²) in [5, 5.41) is 4.68. The van der Waals surface area contributed by atoms with Gasteiger partial charge in [0.1, 0.15) is 6.33 Å². The maximum atomic E-state index is 12.1. The van der Waals surface area contributed by atoms with Crippen molar-refractivity contribution in [1.82, 2.24) is 24.6 Å². The Morgan fingerprint density at radius 1 is 1.14 bits per heavy atom. The highest BCUT2D eigenvalue weighted by Gasteiger charge is 2.14. The summed E-state index contributed by atoms with van der Waals surface area (Å²) in [6, 6.07) is 8.06. The summed E-state index contributed by atoms with van der Waals surface area (Å²) in [6.45, 7) is 0. The minimum atomic E-state index is -3.67. The molecule has 21 heavy (non-hydrogen) atoms. The SMILES string of the molecule is Cn1ncc2c(NNS(=O)(=O)c3ccccc3)ncnc21. The van der Waals surface area contributed by atoms with Crippen molar-refractivity contribution < 1.29 is 8.42 Å². The van der Waals surface area contributed by atoms with E-state index in [1.807, 2.05) is 0 Å². The highest BCUT2D eigenvalue weighted by Crippen LogP contribution is 2.17. The number of nitrogens with one attached hydrogen (secondary N) is 2. The number of hydrogen-bond acceptors (Lipinski definition) is 6. The fourth-order valence-electron chi connectivity index (χ4n) is 1.84. The van der Waals surface area contributed by atoms with Gasteiger partial charge in [0.2, 0.25) is 0 Å². The first-order valence-electron chi connectivity index (χ1n) is 6.03. The number of aryl methyl sites for hydroxylation is 1. The molecule has 0 aliphatic rings. The number of fused-ring (bicyclic) bond motifs is 1. The second-order valence-corrected chi connectivity index (χ2v) is 5.95. The van der Waals surface area contributed by atoms with Crippen LogP contribution in [-0.2, 0) is 17.1 Å². The van der Waals surface area contributed by atoms with E-state index in [4.69, 9.17) is 0 Å². The van der Waals surface area contributed by atoms with Gasteiger partial charge in [-0.2, -0.15) is 5.10 Å². The molecule has 0 radical (unpaired) electrons. The van der Waals surface area contributed by atoms with E-state index >= 15 is 0 Å². The second kappa shape index (κ2) is 5.11. The fraction of sp³-hybridized carbons (Fsp3) is 0.0833. The van der Waals surface area contributed by atoms with Crippen LogP contribution in [0.15, 0.2) is 47.8 Å². The normalized spacial score (nSPS) is 11.7. The van der Waals surface area contributed by atoms with Crippen LogP contribution in [0.4, 0.5) is 5.82 Å². The van der Waals surface area contributed by atoms with Crippen LogP contribution in [-0.4, -0.2) is 28.2 Å². The van der Waals surface area contributed by atoms with Crippen LogP contribution >= 0.6 is 0 Å². The van der Waals surface area contributed by atoms with Gasteiger partial charge in [0, 0.05) is 7.05 Å². The highest BCUT2D eigenvalue weighted by molar-refractivity contribution is 7.89. The largest absolute Gasteiger partial charge is 0.291 e. The van der Waals surface area contributed by atoms with Gasteiger partial charge >= 0.3 is 0 Å². The zero-order valence-corrected chi connectivity index (χ0v) is 11.9. The summed E-state index contributed by atoms with van der Waals surface area (Å²) >= 11 is 0. The van der Waals surface area contributed by atoms with Gasteiger partial charge in [-0.25, -0.2) is 18.4 Å². The summed E-state index contributed by atoms with van der Waals surface area (Å²) in [6.07, 6.45) is 2.90. The fourth-order valence-corrected chi connectivity index (χ4v) is 2.70. The topological polar surface area (TPSA) is 102 Å². The molecular formula is C12H12N6O2S. The van der Waals surface area contributed by atoms with E-state index < -0.39 is 10.0 Å². The first-order chi connectivity index (χ1) is 10.1. The van der Waals surface area contributed by atoms with Crippen molar-refractivity contribution >= 4 is 26.9 Å². The van der Waals surface area contributed by atoms with E-state index in [9.17, 15) is 8.42 Å². The van der Waals surface area contributed by atoms with Crippen molar-refractivity contribution in [3.8, 4) is 0 Å². The number of anilines is 1. The molecule has 0 bridgehead atoms. The molecule has 0 saturated heterocycles. The summed E-state index contributed by atoms with van der Waals surface area (Å²) in [7, 11) is -1.93. The van der Waals surface area contributed by atoms with Gasteiger partial charge in [-0.1, -0.05) is 18.2 Å². The third-order valence-electron chi connectivity index (χ3n) is 2.89. The average Bonchev–Trinajstić information content (AvgIpc) is 2.88. The molecule has 108 valence electrons. The van der Waals surface area contributed by atoms with E-state index in [0.717, 1.165) is 0 Å². The minimum Gasteiger partial charge on any atom is -0.291 e. The lowest BCUT2D eigenvalue weighted by atomic mass is 10.4. The second-order valence-electron chi connectivity index (χ2n) is 4.27. The molecule has 2 heterocycles. The molecule has 0 spiro atoms. The maximum absolute atomic E-state index is 12.1. The molecule has 0 unspecified atom stereocenters. The molecule has 0 atom stereocenters. The van der Waals surface area contributed by atoms with Crippen LogP contribution in [0, 0.1) is 0 Å². The van der Waals surface area contributed by atoms with Crippen LogP contribution in [0.5, 0.6) is 0 Å². The summed E-state index contributed by atoms with van der Waals surface area (Å²) in [5.74, 6) is 0.340. The molecule has 2 N–H and O–H groups in total. The van der Waals surface area contributed by atoms with Crippen LogP contribution in [0.25, 0.3) is 11.0 Å². The molecule has 0 aliphatic carbocycles. The van der Waals surface area contributed by atoms with Gasteiger partial charge in [-0.3, -0.25) is 10.1 Å². The standard InChI is InChI=1S/C12H12N6O2S/c1-18-12-10(7-15-18)11(13-8-14-12)16-17-21(19,20)9-5-3-2-4-6-9/h2-8,17H,1H3,(H,13,14,16). The Kier molecular flexibility index (Phi) is 3.28. The van der Waals surface area contributed by atoms with Gasteiger partial charge < -0.3 is 0 Å². The molecule has 0 fully saturated rings. The van der Waals surface area contributed by atoms with Gasteiger partial charge in [0.15, 0.2) is 11.5 Å². The van der Waals surface area contributed by atoms with Crippen molar-refractivity contribution in [3.05, 3.63) is 42.9 Å². The van der Waals surface area contributed by atoms with Crippen molar-refractivity contribution in [1.29, 1.82) is 0 Å². The summed E-state index contributed by atoms with van der Waals surface area (Å²) in [5.41, 5.74) is 3.20. The van der Waals surface area contributed by atoms with Crippen molar-refractivity contribution in [3.63, 3.8) is 0 Å². The molecule has 0 aliphatic heterocycles. The van der Waals surface area contributed by atoms with Gasteiger partial charge in [0.25, 0.3) is 10.0 Å². The summed E-state index contributed by atoms with van der Waals surface area (Å²) in [4.78, 5) is 10.5. The van der Waals surface area contributed by atoms with Crippen LogP contribution in [0.2, 0.25) is 0 Å². The molecule has 0 saturated carbocycles. The van der Waals surface area contributed by atoms with Crippen molar-refractivity contribution in [2.24, 2.45) is 7.05 Å². The molecule has 0 amide bonds. The molecule has 2 aromatic heterocycles. The lowest BCUT2D eigenvalue weighted by Crippen LogP contribution is -2.30. The molecule has 9 heteroatoms. The minimum absolute atomic E-state index is 0.161. The first-order valence-corrected chi connectivity index (χ1v) is 7.52. The third-order valence-corrected chi connectivity index (χ3v) is 4.15. The molecule has 1 aromatic carbocycles. The Bertz CT molecular complexity index is 875. The Balaban J connectivity index is 1.87. The number of aromatic nitrogens is 4. The zero-order valence-electron chi connectivity index (χ0n) is 11.1. The lowest BCUT2D eigenvalue weighted by molar-refractivity contribution is 0.587. The molecule has 8 nitrogen and oxygen atoms in total. The molecule has 3 rings (SSSR count). The highest BCUT2D eigenvalue weighted by atomic mass is 32.2. The van der Waals surface area contributed by atoms with Gasteiger partial charge in [-0.15, -0.1) is 4.83 Å². The molecular weight excluding hydrogens is 292 g/mol. The van der Waals surface area contributed by atoms with E-state index in [0.29, 0.717) is 16.9 Å². The number of hydrogen-bond donors (Lipinski definition) is 2. The first kappa shape index (κ1) is 13.5. The summed E-state index contributed by atoms with van der Waals surface area (Å²) < 4.78 is 25.8. The number of nitrogens with zero attached hydrogens (tertiary/aromatic N) is 4. The number of hydrazine groups is 1. The van der Waals surface area contributed by atoms with Crippen LogP contribution in [0.1, 0.15) is 0 Å². The number of rotatable bonds is 4. The monoisotopic (exact) mass is 304 g/mol. The lowest BCUT2D eigenvalue weighted by Gasteiger charge is -2.09. The molecule has 3 aromatic rings. The predicted octanol–water partition coefficient (Wildman–Crippen LogP) is 0.669. The van der Waals surface area contributed by atoms with E-state index in [1.165, 1.54) is 18.5 Å². The van der Waals surface area contributed by atoms with Crippen molar-refractivity contribution in [2.75, 3.05) is 5.43 Å². The number of benzene rings is 1. The van der Waals surface area contributed by atoms with E-state index in [2.05, 4.69) is 25.3 Å².